The monoisotopic (exact) mass is 420 g/mol. The Balaban J connectivity index is 1.88. The van der Waals surface area contributed by atoms with E-state index in [2.05, 4.69) is 5.32 Å². The van der Waals surface area contributed by atoms with Crippen LogP contribution in [-0.2, 0) is 0 Å². The van der Waals surface area contributed by atoms with Gasteiger partial charge in [0.05, 0.1) is 34.0 Å². The van der Waals surface area contributed by atoms with E-state index in [0.717, 1.165) is 16.9 Å². The number of benzene rings is 3. The molecule has 31 heavy (non-hydrogen) atoms. The standard InChI is InChI=1S/C24H24N2O5/c1-28-17-11-9-16(10-12-17)26-23(25-19-8-6-5-7-18(19)24(26)27)15-13-20(29-2)22(31-4)21(14-15)30-3/h5-14,23,25H,1-4H3. The number of anilines is 2. The van der Waals surface area contributed by atoms with Crippen molar-refractivity contribution in [1.82, 2.24) is 0 Å². The van der Waals surface area contributed by atoms with Crippen molar-refractivity contribution < 1.29 is 23.7 Å². The quantitative estimate of drug-likeness (QED) is 0.634. The number of carbonyl (C=O) groups is 1. The zero-order valence-electron chi connectivity index (χ0n) is 17.8. The highest BCUT2D eigenvalue weighted by Crippen LogP contribution is 2.43. The summed E-state index contributed by atoms with van der Waals surface area (Å²) in [6.07, 6.45) is -0.496. The van der Waals surface area contributed by atoms with E-state index in [1.807, 2.05) is 60.7 Å². The number of para-hydroxylation sites is 1. The predicted molar refractivity (Wildman–Crippen MR) is 119 cm³/mol. The Labute approximate surface area is 181 Å². The third-order valence-electron chi connectivity index (χ3n) is 5.28. The molecule has 0 aliphatic carbocycles. The number of hydrogen-bond acceptors (Lipinski definition) is 6. The van der Waals surface area contributed by atoms with Crippen LogP contribution in [-0.4, -0.2) is 34.3 Å². The molecule has 7 nitrogen and oxygen atoms in total. The summed E-state index contributed by atoms with van der Waals surface area (Å²) in [5, 5.41) is 3.48. The lowest BCUT2D eigenvalue weighted by molar-refractivity contribution is 0.0974. The predicted octanol–water partition coefficient (Wildman–Crippen LogP) is 4.49. The Bertz CT molecular complexity index is 1070. The maximum Gasteiger partial charge on any atom is 0.262 e. The number of fused-ring (bicyclic) bond motifs is 1. The minimum absolute atomic E-state index is 0.113. The molecule has 160 valence electrons. The summed E-state index contributed by atoms with van der Waals surface area (Å²) in [6, 6.07) is 18.5. The zero-order chi connectivity index (χ0) is 22.0. The first-order valence-corrected chi connectivity index (χ1v) is 9.74. The first-order valence-electron chi connectivity index (χ1n) is 9.74. The molecule has 1 aliphatic rings. The van der Waals surface area contributed by atoms with Crippen molar-refractivity contribution in [2.45, 2.75) is 6.17 Å². The topological polar surface area (TPSA) is 69.3 Å². The Morgan fingerprint density at radius 2 is 1.45 bits per heavy atom. The molecule has 1 atom stereocenters. The molecule has 0 fully saturated rings. The average Bonchev–Trinajstić information content (AvgIpc) is 2.83. The van der Waals surface area contributed by atoms with Crippen LogP contribution >= 0.6 is 0 Å². The third kappa shape index (κ3) is 3.59. The second kappa shape index (κ2) is 8.47. The van der Waals surface area contributed by atoms with Gasteiger partial charge in [-0.3, -0.25) is 9.69 Å². The first kappa shape index (κ1) is 20.4. The van der Waals surface area contributed by atoms with E-state index >= 15 is 0 Å². The van der Waals surface area contributed by atoms with E-state index in [4.69, 9.17) is 18.9 Å². The number of nitrogens with zero attached hydrogens (tertiary/aromatic N) is 1. The fraction of sp³-hybridized carbons (Fsp3) is 0.208. The summed E-state index contributed by atoms with van der Waals surface area (Å²) < 4.78 is 21.8. The van der Waals surface area contributed by atoms with Crippen LogP contribution in [0.3, 0.4) is 0 Å². The highest BCUT2D eigenvalue weighted by atomic mass is 16.5. The summed E-state index contributed by atoms with van der Waals surface area (Å²) in [6.45, 7) is 0. The highest BCUT2D eigenvalue weighted by molar-refractivity contribution is 6.12. The number of rotatable bonds is 6. The van der Waals surface area contributed by atoms with Gasteiger partial charge in [0, 0.05) is 16.9 Å². The van der Waals surface area contributed by atoms with Crippen LogP contribution < -0.4 is 29.2 Å². The van der Waals surface area contributed by atoms with Crippen LogP contribution in [0.4, 0.5) is 11.4 Å². The van der Waals surface area contributed by atoms with Gasteiger partial charge < -0.3 is 24.3 Å². The molecule has 1 aliphatic heterocycles. The second-order valence-corrected chi connectivity index (χ2v) is 6.92. The molecule has 3 aromatic rings. The van der Waals surface area contributed by atoms with Gasteiger partial charge in [-0.05, 0) is 48.5 Å². The summed E-state index contributed by atoms with van der Waals surface area (Å²) in [7, 11) is 6.30. The summed E-state index contributed by atoms with van der Waals surface area (Å²) in [5.41, 5.74) is 2.87. The molecule has 0 saturated carbocycles. The molecule has 0 bridgehead atoms. The van der Waals surface area contributed by atoms with Crippen molar-refractivity contribution in [3.05, 3.63) is 71.8 Å². The summed E-state index contributed by atoms with van der Waals surface area (Å²) in [5.74, 6) is 2.12. The normalized spacial score (nSPS) is 15.0. The van der Waals surface area contributed by atoms with Gasteiger partial charge >= 0.3 is 0 Å². The van der Waals surface area contributed by atoms with Crippen molar-refractivity contribution >= 4 is 17.3 Å². The van der Waals surface area contributed by atoms with Gasteiger partial charge in [-0.15, -0.1) is 0 Å². The number of carbonyl (C=O) groups excluding carboxylic acids is 1. The molecular weight excluding hydrogens is 396 g/mol. The molecule has 0 spiro atoms. The van der Waals surface area contributed by atoms with Crippen molar-refractivity contribution in [2.75, 3.05) is 38.7 Å². The van der Waals surface area contributed by atoms with Gasteiger partial charge in [0.25, 0.3) is 5.91 Å². The number of amides is 1. The Morgan fingerprint density at radius 3 is 2.03 bits per heavy atom. The highest BCUT2D eigenvalue weighted by Gasteiger charge is 2.35. The molecule has 0 saturated heterocycles. The molecule has 1 unspecified atom stereocenters. The van der Waals surface area contributed by atoms with Gasteiger partial charge in [0.15, 0.2) is 11.5 Å². The molecule has 0 aromatic heterocycles. The Hall–Kier alpha value is -3.87. The molecule has 4 rings (SSSR count). The van der Waals surface area contributed by atoms with Crippen LogP contribution in [0.5, 0.6) is 23.0 Å². The SMILES string of the molecule is COc1ccc(N2C(=O)c3ccccc3NC2c2cc(OC)c(OC)c(OC)c2)cc1. The lowest BCUT2D eigenvalue weighted by Gasteiger charge is -2.38. The molecule has 0 radical (unpaired) electrons. The molecule has 7 heteroatoms. The maximum absolute atomic E-state index is 13.6. The number of methoxy groups -OCH3 is 4. The van der Waals surface area contributed by atoms with Crippen LogP contribution in [0.25, 0.3) is 0 Å². The molecule has 1 heterocycles. The van der Waals surface area contributed by atoms with Gasteiger partial charge in [0.1, 0.15) is 11.9 Å². The Morgan fingerprint density at radius 1 is 0.806 bits per heavy atom. The van der Waals surface area contributed by atoms with E-state index in [-0.39, 0.29) is 5.91 Å². The molecule has 3 aromatic carbocycles. The second-order valence-electron chi connectivity index (χ2n) is 6.92. The zero-order valence-corrected chi connectivity index (χ0v) is 17.8. The van der Waals surface area contributed by atoms with E-state index < -0.39 is 6.17 Å². The van der Waals surface area contributed by atoms with Gasteiger partial charge in [-0.25, -0.2) is 0 Å². The first-order chi connectivity index (χ1) is 15.1. The number of nitrogens with one attached hydrogen (secondary N) is 1. The Kier molecular flexibility index (Phi) is 5.58. The molecule has 1 N–H and O–H groups in total. The van der Waals surface area contributed by atoms with Crippen molar-refractivity contribution in [3.8, 4) is 23.0 Å². The largest absolute Gasteiger partial charge is 0.497 e. The van der Waals surface area contributed by atoms with Crippen molar-refractivity contribution in [2.24, 2.45) is 0 Å². The minimum atomic E-state index is -0.496. The van der Waals surface area contributed by atoms with E-state index in [0.29, 0.717) is 28.6 Å². The smallest absolute Gasteiger partial charge is 0.262 e. The van der Waals surface area contributed by atoms with Crippen LogP contribution in [0.15, 0.2) is 60.7 Å². The van der Waals surface area contributed by atoms with Crippen molar-refractivity contribution in [3.63, 3.8) is 0 Å². The van der Waals surface area contributed by atoms with Gasteiger partial charge in [-0.1, -0.05) is 12.1 Å². The fourth-order valence-corrected chi connectivity index (χ4v) is 3.76. The minimum Gasteiger partial charge on any atom is -0.497 e. The van der Waals surface area contributed by atoms with Crippen LogP contribution in [0, 0.1) is 0 Å². The fourth-order valence-electron chi connectivity index (χ4n) is 3.76. The lowest BCUT2D eigenvalue weighted by atomic mass is 10.0. The van der Waals surface area contributed by atoms with Gasteiger partial charge in [0.2, 0.25) is 5.75 Å². The van der Waals surface area contributed by atoms with Crippen molar-refractivity contribution in [1.29, 1.82) is 0 Å². The van der Waals surface area contributed by atoms with E-state index in [1.54, 1.807) is 33.3 Å². The van der Waals surface area contributed by atoms with Crippen LogP contribution in [0.1, 0.15) is 22.1 Å². The maximum atomic E-state index is 13.6. The molecular formula is C24H24N2O5. The van der Waals surface area contributed by atoms with Crippen LogP contribution in [0.2, 0.25) is 0 Å². The summed E-state index contributed by atoms with van der Waals surface area (Å²) in [4.78, 5) is 15.3. The van der Waals surface area contributed by atoms with E-state index in [1.165, 1.54) is 0 Å². The summed E-state index contributed by atoms with van der Waals surface area (Å²) >= 11 is 0. The molecule has 1 amide bonds. The number of hydrogen-bond donors (Lipinski definition) is 1. The third-order valence-corrected chi connectivity index (χ3v) is 5.28. The number of ether oxygens (including phenoxy) is 4. The lowest BCUT2D eigenvalue weighted by Crippen LogP contribution is -2.43. The van der Waals surface area contributed by atoms with Gasteiger partial charge in [-0.2, -0.15) is 0 Å². The average molecular weight is 420 g/mol. The van der Waals surface area contributed by atoms with E-state index in [9.17, 15) is 4.79 Å².